The Balaban J connectivity index is 1.91. The minimum atomic E-state index is 0.818. The summed E-state index contributed by atoms with van der Waals surface area (Å²) in [4.78, 5) is 6.09. The first-order chi connectivity index (χ1) is 7.75. The van der Waals surface area contributed by atoms with E-state index in [0.29, 0.717) is 0 Å². The Labute approximate surface area is 106 Å². The van der Waals surface area contributed by atoms with Gasteiger partial charge in [-0.3, -0.25) is 4.98 Å². The van der Waals surface area contributed by atoms with Gasteiger partial charge in [-0.2, -0.15) is 0 Å². The molecule has 0 aromatic carbocycles. The van der Waals surface area contributed by atoms with Crippen molar-refractivity contribution in [2.45, 2.75) is 6.42 Å². The highest BCUT2D eigenvalue weighted by molar-refractivity contribution is 9.11. The molecule has 2 aromatic heterocycles. The lowest BCUT2D eigenvalue weighted by atomic mass is 10.2. The summed E-state index contributed by atoms with van der Waals surface area (Å²) < 4.78 is 0.818. The van der Waals surface area contributed by atoms with Crippen LogP contribution in [0.5, 0.6) is 0 Å². The van der Waals surface area contributed by atoms with Crippen molar-refractivity contribution >= 4 is 32.4 Å². The second-order valence-corrected chi connectivity index (χ2v) is 5.60. The van der Waals surface area contributed by atoms with Crippen LogP contribution < -0.4 is 4.90 Å². The maximum atomic E-state index is 4.06. The second kappa shape index (κ2) is 5.36. The number of pyridine rings is 1. The first kappa shape index (κ1) is 11.5. The van der Waals surface area contributed by atoms with Crippen LogP contribution in [0.4, 0.5) is 5.13 Å². The van der Waals surface area contributed by atoms with Crippen LogP contribution in [-0.2, 0) is 6.42 Å². The zero-order valence-corrected chi connectivity index (χ0v) is 11.2. The van der Waals surface area contributed by atoms with Gasteiger partial charge >= 0.3 is 0 Å². The largest absolute Gasteiger partial charge is 0.349 e. The molecule has 0 aliphatic carbocycles. The molecule has 0 fully saturated rings. The summed E-state index contributed by atoms with van der Waals surface area (Å²) in [5, 5.41) is 8.92. The standard InChI is InChI=1S/C10H11BrN4S/c1-15(10-14-13-9(11)16-10)7-4-8-2-5-12-6-3-8/h2-3,5-6H,4,7H2,1H3. The molecule has 0 unspecified atom stereocenters. The van der Waals surface area contributed by atoms with Crippen molar-refractivity contribution in [2.24, 2.45) is 0 Å². The van der Waals surface area contributed by atoms with Gasteiger partial charge in [-0.15, -0.1) is 10.2 Å². The summed E-state index contributed by atoms with van der Waals surface area (Å²) in [6.07, 6.45) is 4.62. The van der Waals surface area contributed by atoms with Crippen LogP contribution in [-0.4, -0.2) is 28.8 Å². The average molecular weight is 299 g/mol. The van der Waals surface area contributed by atoms with Crippen LogP contribution in [0.1, 0.15) is 5.56 Å². The number of aromatic nitrogens is 3. The van der Waals surface area contributed by atoms with Gasteiger partial charge in [0.1, 0.15) is 0 Å². The molecule has 2 aromatic rings. The number of hydrogen-bond acceptors (Lipinski definition) is 5. The lowest BCUT2D eigenvalue weighted by Gasteiger charge is -2.14. The minimum Gasteiger partial charge on any atom is -0.349 e. The third-order valence-corrected chi connectivity index (χ3v) is 3.67. The molecule has 0 bridgehead atoms. The molecule has 0 saturated heterocycles. The highest BCUT2D eigenvalue weighted by Gasteiger charge is 2.06. The summed E-state index contributed by atoms with van der Waals surface area (Å²) in [5.41, 5.74) is 1.28. The van der Waals surface area contributed by atoms with Crippen molar-refractivity contribution < 1.29 is 0 Å². The van der Waals surface area contributed by atoms with Crippen molar-refractivity contribution in [2.75, 3.05) is 18.5 Å². The van der Waals surface area contributed by atoms with Crippen molar-refractivity contribution in [3.63, 3.8) is 0 Å². The Morgan fingerprint density at radius 3 is 2.69 bits per heavy atom. The van der Waals surface area contributed by atoms with Gasteiger partial charge in [0.15, 0.2) is 3.92 Å². The van der Waals surface area contributed by atoms with E-state index < -0.39 is 0 Å². The molecule has 16 heavy (non-hydrogen) atoms. The van der Waals surface area contributed by atoms with Gasteiger partial charge in [0.25, 0.3) is 0 Å². The molecule has 0 atom stereocenters. The molecular weight excluding hydrogens is 288 g/mol. The molecular formula is C10H11BrN4S. The molecule has 2 rings (SSSR count). The topological polar surface area (TPSA) is 41.9 Å². The molecule has 0 N–H and O–H groups in total. The van der Waals surface area contributed by atoms with Crippen LogP contribution in [0.2, 0.25) is 0 Å². The average Bonchev–Trinajstić information content (AvgIpc) is 2.74. The molecule has 84 valence electrons. The first-order valence-corrected chi connectivity index (χ1v) is 6.45. The Morgan fingerprint density at radius 2 is 2.06 bits per heavy atom. The van der Waals surface area contributed by atoms with Crippen LogP contribution in [0.3, 0.4) is 0 Å². The summed E-state index contributed by atoms with van der Waals surface area (Å²) in [5.74, 6) is 0. The van der Waals surface area contributed by atoms with Crippen molar-refractivity contribution in [1.29, 1.82) is 0 Å². The van der Waals surface area contributed by atoms with Crippen molar-refractivity contribution in [3.8, 4) is 0 Å². The van der Waals surface area contributed by atoms with Crippen LogP contribution >= 0.6 is 27.3 Å². The van der Waals surface area contributed by atoms with E-state index in [9.17, 15) is 0 Å². The molecule has 4 nitrogen and oxygen atoms in total. The minimum absolute atomic E-state index is 0.818. The fourth-order valence-electron chi connectivity index (χ4n) is 1.29. The summed E-state index contributed by atoms with van der Waals surface area (Å²) >= 11 is 4.85. The number of rotatable bonds is 4. The monoisotopic (exact) mass is 298 g/mol. The molecule has 0 saturated carbocycles. The maximum Gasteiger partial charge on any atom is 0.208 e. The van der Waals surface area contributed by atoms with Crippen molar-refractivity contribution in [3.05, 3.63) is 34.0 Å². The molecule has 2 heterocycles. The quantitative estimate of drug-likeness (QED) is 0.869. The van der Waals surface area contributed by atoms with E-state index >= 15 is 0 Å². The number of halogens is 1. The molecule has 0 spiro atoms. The van der Waals surface area contributed by atoms with E-state index in [0.717, 1.165) is 22.0 Å². The second-order valence-electron chi connectivity index (χ2n) is 3.36. The zero-order chi connectivity index (χ0) is 11.4. The number of likely N-dealkylation sites (N-methyl/N-ethyl adjacent to an activating group) is 1. The summed E-state index contributed by atoms with van der Waals surface area (Å²) in [6, 6.07) is 4.06. The van der Waals surface area contributed by atoms with Gasteiger partial charge in [-0.05, 0) is 40.0 Å². The summed E-state index contributed by atoms with van der Waals surface area (Å²) in [6.45, 7) is 0.922. The number of anilines is 1. The van der Waals surface area contributed by atoms with Crippen molar-refractivity contribution in [1.82, 2.24) is 15.2 Å². The molecule has 0 aliphatic heterocycles. The lowest BCUT2D eigenvalue weighted by Crippen LogP contribution is -2.20. The molecule has 0 aliphatic rings. The normalized spacial score (nSPS) is 10.4. The van der Waals surface area contributed by atoms with E-state index in [1.54, 1.807) is 0 Å². The van der Waals surface area contributed by atoms with E-state index in [-0.39, 0.29) is 0 Å². The van der Waals surface area contributed by atoms with E-state index in [4.69, 9.17) is 0 Å². The SMILES string of the molecule is CN(CCc1ccncc1)c1nnc(Br)s1. The predicted octanol–water partition coefficient (Wildman–Crippen LogP) is 2.37. The van der Waals surface area contributed by atoms with E-state index in [1.807, 2.05) is 31.6 Å². The van der Waals surface area contributed by atoms with E-state index in [1.165, 1.54) is 16.9 Å². The van der Waals surface area contributed by atoms with Crippen LogP contribution in [0.25, 0.3) is 0 Å². The Bertz CT molecular complexity index is 445. The Hall–Kier alpha value is -1.01. The fourth-order valence-corrected chi connectivity index (χ4v) is 2.37. The van der Waals surface area contributed by atoms with E-state index in [2.05, 4.69) is 36.0 Å². The zero-order valence-electron chi connectivity index (χ0n) is 8.80. The van der Waals surface area contributed by atoms with Gasteiger partial charge < -0.3 is 4.90 Å². The molecule has 6 heteroatoms. The van der Waals surface area contributed by atoms with Gasteiger partial charge in [0.05, 0.1) is 0 Å². The number of nitrogens with zero attached hydrogens (tertiary/aromatic N) is 4. The first-order valence-electron chi connectivity index (χ1n) is 4.85. The third-order valence-electron chi connectivity index (χ3n) is 2.20. The molecule has 0 radical (unpaired) electrons. The van der Waals surface area contributed by atoms with Crippen LogP contribution in [0, 0.1) is 0 Å². The maximum absolute atomic E-state index is 4.06. The van der Waals surface area contributed by atoms with Gasteiger partial charge in [-0.1, -0.05) is 11.3 Å². The van der Waals surface area contributed by atoms with Gasteiger partial charge in [0.2, 0.25) is 5.13 Å². The number of hydrogen-bond donors (Lipinski definition) is 0. The fraction of sp³-hybridized carbons (Fsp3) is 0.300. The lowest BCUT2D eigenvalue weighted by molar-refractivity contribution is 0.856. The Morgan fingerprint density at radius 1 is 1.31 bits per heavy atom. The predicted molar refractivity (Wildman–Crippen MR) is 68.8 cm³/mol. The highest BCUT2D eigenvalue weighted by atomic mass is 79.9. The van der Waals surface area contributed by atoms with Gasteiger partial charge in [-0.25, -0.2) is 0 Å². The molecule has 0 amide bonds. The Kier molecular flexibility index (Phi) is 3.84. The highest BCUT2D eigenvalue weighted by Crippen LogP contribution is 2.23. The summed E-state index contributed by atoms with van der Waals surface area (Å²) in [7, 11) is 2.02. The smallest absolute Gasteiger partial charge is 0.208 e. The van der Waals surface area contributed by atoms with Gasteiger partial charge in [0, 0.05) is 26.0 Å². The third kappa shape index (κ3) is 2.99. The van der Waals surface area contributed by atoms with Crippen LogP contribution in [0.15, 0.2) is 28.4 Å².